The minimum atomic E-state index is 0.315. The van der Waals surface area contributed by atoms with Crippen molar-refractivity contribution in [1.82, 2.24) is 15.2 Å². The lowest BCUT2D eigenvalue weighted by Crippen LogP contribution is -1.97. The van der Waals surface area contributed by atoms with E-state index in [4.69, 9.17) is 21.1 Å². The lowest BCUT2D eigenvalue weighted by Gasteiger charge is -2.09. The molecule has 2 aromatic rings. The third kappa shape index (κ3) is 2.36. The van der Waals surface area contributed by atoms with E-state index in [1.807, 2.05) is 6.07 Å². The molecule has 1 aromatic carbocycles. The van der Waals surface area contributed by atoms with E-state index in [2.05, 4.69) is 15.2 Å². The molecule has 0 radical (unpaired) electrons. The molecule has 5 nitrogen and oxygen atoms in total. The van der Waals surface area contributed by atoms with Gasteiger partial charge in [-0.05, 0) is 25.1 Å². The molecule has 0 spiro atoms. The number of aryl methyl sites for hydroxylation is 1. The van der Waals surface area contributed by atoms with Crippen LogP contribution >= 0.6 is 11.6 Å². The summed E-state index contributed by atoms with van der Waals surface area (Å²) in [4.78, 5) is 4.07. The number of hydrogen-bond acceptors (Lipinski definition) is 5. The predicted octanol–water partition coefficient (Wildman–Crippen LogP) is 2.52. The summed E-state index contributed by atoms with van der Waals surface area (Å²) in [5.41, 5.74) is 1.29. The second-order valence-electron chi connectivity index (χ2n) is 3.57. The smallest absolute Gasteiger partial charge is 0.161 e. The molecule has 0 saturated carbocycles. The molecule has 0 amide bonds. The number of halogens is 1. The van der Waals surface area contributed by atoms with Gasteiger partial charge in [-0.15, -0.1) is 10.2 Å². The van der Waals surface area contributed by atoms with Gasteiger partial charge in [0.2, 0.25) is 0 Å². The fourth-order valence-corrected chi connectivity index (χ4v) is 1.81. The Morgan fingerprint density at radius 3 is 2.39 bits per heavy atom. The number of hydrogen-bond donors (Lipinski definition) is 0. The molecule has 0 fully saturated rings. The van der Waals surface area contributed by atoms with Gasteiger partial charge in [0.25, 0.3) is 0 Å². The summed E-state index contributed by atoms with van der Waals surface area (Å²) < 4.78 is 10.4. The quantitative estimate of drug-likeness (QED) is 0.853. The Bertz CT molecular complexity index is 575. The minimum Gasteiger partial charge on any atom is -0.493 e. The first-order chi connectivity index (χ1) is 8.65. The van der Waals surface area contributed by atoms with Gasteiger partial charge in [-0.3, -0.25) is 0 Å². The standard InChI is InChI=1S/C12H12ClN3O2/c1-7-14-12(13)11(16-15-7)8-4-5-9(17-2)10(6-8)18-3/h4-6H,1-3H3. The monoisotopic (exact) mass is 265 g/mol. The average molecular weight is 266 g/mol. The second kappa shape index (κ2) is 5.18. The highest BCUT2D eigenvalue weighted by Gasteiger charge is 2.11. The summed E-state index contributed by atoms with van der Waals surface area (Å²) >= 11 is 6.05. The molecule has 0 unspecified atom stereocenters. The van der Waals surface area contributed by atoms with Crippen LogP contribution in [0, 0.1) is 6.92 Å². The summed E-state index contributed by atoms with van der Waals surface area (Å²) in [7, 11) is 3.15. The number of nitrogens with zero attached hydrogens (tertiary/aromatic N) is 3. The van der Waals surface area contributed by atoms with E-state index in [9.17, 15) is 0 Å². The molecule has 0 saturated heterocycles. The fraction of sp³-hybridized carbons (Fsp3) is 0.250. The van der Waals surface area contributed by atoms with Crippen LogP contribution in [0.5, 0.6) is 11.5 Å². The van der Waals surface area contributed by atoms with Gasteiger partial charge < -0.3 is 9.47 Å². The molecule has 94 valence electrons. The normalized spacial score (nSPS) is 10.2. The van der Waals surface area contributed by atoms with Gasteiger partial charge in [0.05, 0.1) is 14.2 Å². The molecule has 18 heavy (non-hydrogen) atoms. The second-order valence-corrected chi connectivity index (χ2v) is 3.93. The van der Waals surface area contributed by atoms with Crippen molar-refractivity contribution >= 4 is 11.6 Å². The summed E-state index contributed by atoms with van der Waals surface area (Å²) in [6.07, 6.45) is 0. The molecule has 2 rings (SSSR count). The molecule has 6 heteroatoms. The van der Waals surface area contributed by atoms with Crippen molar-refractivity contribution in [2.45, 2.75) is 6.92 Å². The molecule has 0 atom stereocenters. The zero-order valence-electron chi connectivity index (χ0n) is 10.3. The van der Waals surface area contributed by atoms with Crippen molar-refractivity contribution in [3.63, 3.8) is 0 Å². The molecule has 0 bridgehead atoms. The Hall–Kier alpha value is -1.88. The zero-order valence-corrected chi connectivity index (χ0v) is 11.0. The van der Waals surface area contributed by atoms with E-state index in [1.54, 1.807) is 33.3 Å². The van der Waals surface area contributed by atoms with Crippen LogP contribution in [0.25, 0.3) is 11.3 Å². The highest BCUT2D eigenvalue weighted by molar-refractivity contribution is 6.31. The fourth-order valence-electron chi connectivity index (χ4n) is 1.54. The number of benzene rings is 1. The summed E-state index contributed by atoms with van der Waals surface area (Å²) in [5.74, 6) is 1.78. The highest BCUT2D eigenvalue weighted by Crippen LogP contribution is 2.33. The van der Waals surface area contributed by atoms with Crippen LogP contribution in [0.4, 0.5) is 0 Å². The van der Waals surface area contributed by atoms with Crippen LogP contribution in [0.15, 0.2) is 18.2 Å². The maximum atomic E-state index is 6.05. The molecular weight excluding hydrogens is 254 g/mol. The number of ether oxygens (including phenoxy) is 2. The molecule has 0 aliphatic heterocycles. The molecule has 0 aliphatic carbocycles. The summed E-state index contributed by atoms with van der Waals surface area (Å²) in [5, 5.41) is 8.25. The maximum Gasteiger partial charge on any atom is 0.161 e. The van der Waals surface area contributed by atoms with Gasteiger partial charge in [-0.25, -0.2) is 4.98 Å². The topological polar surface area (TPSA) is 57.1 Å². The number of aromatic nitrogens is 3. The van der Waals surface area contributed by atoms with Crippen LogP contribution in [0.2, 0.25) is 5.15 Å². The lowest BCUT2D eigenvalue weighted by atomic mass is 10.1. The Labute approximate surface area is 110 Å². The Balaban J connectivity index is 2.51. The summed E-state index contributed by atoms with van der Waals surface area (Å²) in [6, 6.07) is 5.39. The van der Waals surface area contributed by atoms with E-state index in [-0.39, 0.29) is 0 Å². The van der Waals surface area contributed by atoms with E-state index in [0.29, 0.717) is 28.2 Å². The van der Waals surface area contributed by atoms with Crippen LogP contribution in [0.3, 0.4) is 0 Å². The van der Waals surface area contributed by atoms with Crippen LogP contribution in [0.1, 0.15) is 5.82 Å². The largest absolute Gasteiger partial charge is 0.493 e. The minimum absolute atomic E-state index is 0.315. The van der Waals surface area contributed by atoms with Gasteiger partial charge in [-0.1, -0.05) is 11.6 Å². The third-order valence-corrected chi connectivity index (χ3v) is 2.67. The Kier molecular flexibility index (Phi) is 3.62. The van der Waals surface area contributed by atoms with Crippen molar-refractivity contribution in [1.29, 1.82) is 0 Å². The van der Waals surface area contributed by atoms with Gasteiger partial charge in [0.1, 0.15) is 11.5 Å². The van der Waals surface area contributed by atoms with Crippen molar-refractivity contribution < 1.29 is 9.47 Å². The number of methoxy groups -OCH3 is 2. The van der Waals surface area contributed by atoms with Crippen molar-refractivity contribution in [3.05, 3.63) is 29.2 Å². The SMILES string of the molecule is COc1ccc(-c2nnc(C)nc2Cl)cc1OC. The first-order valence-electron chi connectivity index (χ1n) is 5.25. The molecule has 0 aliphatic rings. The number of rotatable bonds is 3. The molecule has 1 heterocycles. The van der Waals surface area contributed by atoms with Gasteiger partial charge in [0.15, 0.2) is 16.7 Å². The highest BCUT2D eigenvalue weighted by atomic mass is 35.5. The molecular formula is C12H12ClN3O2. The van der Waals surface area contributed by atoms with Crippen LogP contribution < -0.4 is 9.47 Å². The van der Waals surface area contributed by atoms with E-state index in [1.165, 1.54) is 0 Å². The van der Waals surface area contributed by atoms with Crippen LogP contribution in [-0.2, 0) is 0 Å². The van der Waals surface area contributed by atoms with Crippen molar-refractivity contribution in [2.75, 3.05) is 14.2 Å². The Morgan fingerprint density at radius 1 is 1.06 bits per heavy atom. The zero-order chi connectivity index (χ0) is 13.1. The molecule has 0 N–H and O–H groups in total. The maximum absolute atomic E-state index is 6.05. The van der Waals surface area contributed by atoms with Crippen LogP contribution in [-0.4, -0.2) is 29.4 Å². The van der Waals surface area contributed by atoms with Crippen molar-refractivity contribution in [3.8, 4) is 22.8 Å². The van der Waals surface area contributed by atoms with E-state index in [0.717, 1.165) is 5.56 Å². The van der Waals surface area contributed by atoms with E-state index < -0.39 is 0 Å². The lowest BCUT2D eigenvalue weighted by molar-refractivity contribution is 0.355. The van der Waals surface area contributed by atoms with Gasteiger partial charge in [-0.2, -0.15) is 0 Å². The third-order valence-electron chi connectivity index (χ3n) is 2.41. The first kappa shape index (κ1) is 12.6. The Morgan fingerprint density at radius 2 is 1.78 bits per heavy atom. The van der Waals surface area contributed by atoms with Gasteiger partial charge >= 0.3 is 0 Å². The summed E-state index contributed by atoms with van der Waals surface area (Å²) in [6.45, 7) is 1.73. The van der Waals surface area contributed by atoms with Gasteiger partial charge in [0, 0.05) is 5.56 Å². The predicted molar refractivity (Wildman–Crippen MR) is 68.1 cm³/mol. The van der Waals surface area contributed by atoms with E-state index >= 15 is 0 Å². The average Bonchev–Trinajstić information content (AvgIpc) is 2.38. The molecule has 1 aromatic heterocycles. The first-order valence-corrected chi connectivity index (χ1v) is 5.62. The van der Waals surface area contributed by atoms with Crippen molar-refractivity contribution in [2.24, 2.45) is 0 Å².